The minimum absolute atomic E-state index is 0.0874. The third kappa shape index (κ3) is 3.61. The van der Waals surface area contributed by atoms with Crippen LogP contribution in [0.15, 0.2) is 24.3 Å². The van der Waals surface area contributed by atoms with Crippen molar-refractivity contribution < 1.29 is 14.3 Å². The van der Waals surface area contributed by atoms with E-state index in [2.05, 4.69) is 0 Å². The van der Waals surface area contributed by atoms with E-state index in [1.54, 1.807) is 7.11 Å². The summed E-state index contributed by atoms with van der Waals surface area (Å²) in [6, 6.07) is 7.77. The number of methoxy groups -OCH3 is 1. The number of benzene rings is 1. The van der Waals surface area contributed by atoms with Gasteiger partial charge < -0.3 is 15.2 Å². The minimum Gasteiger partial charge on any atom is -0.446 e. The molecule has 1 aromatic rings. The summed E-state index contributed by atoms with van der Waals surface area (Å²) in [4.78, 5) is 10.8. The highest BCUT2D eigenvalue weighted by atomic mass is 35.5. The number of halogens is 1. The SMILES string of the molecule is COCC[C@@H](c1ccccc1Cl)[C@H]1C[C@H]1OC(N)=O. The van der Waals surface area contributed by atoms with E-state index in [9.17, 15) is 4.79 Å². The summed E-state index contributed by atoms with van der Waals surface area (Å²) in [5.41, 5.74) is 6.14. The number of hydrogen-bond donors (Lipinski definition) is 1. The maximum absolute atomic E-state index is 10.8. The topological polar surface area (TPSA) is 61.6 Å². The molecule has 0 spiro atoms. The number of carbonyl (C=O) groups is 1. The van der Waals surface area contributed by atoms with E-state index in [-0.39, 0.29) is 17.9 Å². The van der Waals surface area contributed by atoms with Crippen LogP contribution in [-0.2, 0) is 9.47 Å². The molecule has 2 rings (SSSR count). The number of carbonyl (C=O) groups excluding carboxylic acids is 1. The van der Waals surface area contributed by atoms with Crippen LogP contribution in [0.3, 0.4) is 0 Å². The Balaban J connectivity index is 2.09. The lowest BCUT2D eigenvalue weighted by molar-refractivity contribution is 0.137. The van der Waals surface area contributed by atoms with Crippen molar-refractivity contribution in [2.75, 3.05) is 13.7 Å². The Morgan fingerprint density at radius 3 is 2.89 bits per heavy atom. The molecule has 1 saturated carbocycles. The van der Waals surface area contributed by atoms with Crippen LogP contribution >= 0.6 is 11.6 Å². The summed E-state index contributed by atoms with van der Waals surface area (Å²) >= 11 is 6.25. The first-order valence-corrected chi connectivity index (χ1v) is 6.70. The standard InChI is InChI=1S/C14H18ClNO3/c1-18-7-6-9(10-4-2-3-5-12(10)15)11-8-13(11)19-14(16)17/h2-5,9,11,13H,6-8H2,1H3,(H2,16,17)/t9-,11+,13+/m0/s1. The molecule has 0 radical (unpaired) electrons. The van der Waals surface area contributed by atoms with Crippen LogP contribution in [0.1, 0.15) is 24.3 Å². The molecule has 0 aliphatic heterocycles. The first-order valence-electron chi connectivity index (χ1n) is 6.33. The van der Waals surface area contributed by atoms with Crippen molar-refractivity contribution in [3.8, 4) is 0 Å². The molecule has 0 aromatic heterocycles. The largest absolute Gasteiger partial charge is 0.446 e. The molecular weight excluding hydrogens is 266 g/mol. The maximum atomic E-state index is 10.8. The van der Waals surface area contributed by atoms with Crippen molar-refractivity contribution in [2.45, 2.75) is 24.9 Å². The molecular formula is C14H18ClNO3. The van der Waals surface area contributed by atoms with Crippen molar-refractivity contribution in [3.05, 3.63) is 34.9 Å². The number of primary amides is 1. The third-order valence-corrected chi connectivity index (χ3v) is 3.85. The van der Waals surface area contributed by atoms with Gasteiger partial charge in [-0.3, -0.25) is 0 Å². The van der Waals surface area contributed by atoms with Crippen LogP contribution in [0.4, 0.5) is 4.79 Å². The van der Waals surface area contributed by atoms with Gasteiger partial charge in [-0.2, -0.15) is 0 Å². The van der Waals surface area contributed by atoms with Crippen LogP contribution in [0, 0.1) is 5.92 Å². The summed E-state index contributed by atoms with van der Waals surface area (Å²) in [5.74, 6) is 0.514. The Labute approximate surface area is 117 Å². The van der Waals surface area contributed by atoms with E-state index in [1.165, 1.54) is 0 Å². The van der Waals surface area contributed by atoms with Gasteiger partial charge in [0.05, 0.1) is 0 Å². The van der Waals surface area contributed by atoms with Gasteiger partial charge in [0.1, 0.15) is 6.10 Å². The minimum atomic E-state index is -0.711. The van der Waals surface area contributed by atoms with Crippen molar-refractivity contribution in [1.82, 2.24) is 0 Å². The normalized spacial score (nSPS) is 22.8. The van der Waals surface area contributed by atoms with Gasteiger partial charge in [0.15, 0.2) is 0 Å². The highest BCUT2D eigenvalue weighted by molar-refractivity contribution is 6.31. The summed E-state index contributed by atoms with van der Waals surface area (Å²) in [6.07, 6.45) is 0.888. The smallest absolute Gasteiger partial charge is 0.404 e. The van der Waals surface area contributed by atoms with E-state index < -0.39 is 6.09 Å². The molecule has 1 aliphatic carbocycles. The van der Waals surface area contributed by atoms with Gasteiger partial charge in [0.2, 0.25) is 0 Å². The second-order valence-electron chi connectivity index (χ2n) is 4.78. The Kier molecular flexibility index (Phi) is 4.66. The molecule has 4 nitrogen and oxygen atoms in total. The average molecular weight is 284 g/mol. The molecule has 1 fully saturated rings. The van der Waals surface area contributed by atoms with Crippen LogP contribution in [-0.4, -0.2) is 25.9 Å². The highest BCUT2D eigenvalue weighted by Gasteiger charge is 2.46. The Hall–Kier alpha value is -1.26. The maximum Gasteiger partial charge on any atom is 0.404 e. The molecule has 3 atom stereocenters. The lowest BCUT2D eigenvalue weighted by Crippen LogP contribution is -2.17. The second kappa shape index (κ2) is 6.26. The molecule has 0 heterocycles. The third-order valence-electron chi connectivity index (χ3n) is 3.50. The fourth-order valence-electron chi connectivity index (χ4n) is 2.52. The average Bonchev–Trinajstić information content (AvgIpc) is 3.10. The number of rotatable bonds is 6. The zero-order valence-corrected chi connectivity index (χ0v) is 11.6. The van der Waals surface area contributed by atoms with Crippen molar-refractivity contribution >= 4 is 17.7 Å². The molecule has 0 unspecified atom stereocenters. The summed E-state index contributed by atoms with van der Waals surface area (Å²) in [7, 11) is 1.67. The number of amides is 1. The van der Waals surface area contributed by atoms with Crippen LogP contribution < -0.4 is 5.73 Å². The van der Waals surface area contributed by atoms with Crippen molar-refractivity contribution in [1.29, 1.82) is 0 Å². The fraction of sp³-hybridized carbons (Fsp3) is 0.500. The van der Waals surface area contributed by atoms with Crippen molar-refractivity contribution in [3.63, 3.8) is 0 Å². The molecule has 5 heteroatoms. The first kappa shape index (κ1) is 14.2. The first-order chi connectivity index (χ1) is 9.13. The van der Waals surface area contributed by atoms with E-state index in [0.717, 1.165) is 23.4 Å². The Morgan fingerprint density at radius 1 is 1.53 bits per heavy atom. The lowest BCUT2D eigenvalue weighted by Gasteiger charge is -2.18. The van der Waals surface area contributed by atoms with Gasteiger partial charge in [-0.15, -0.1) is 0 Å². The van der Waals surface area contributed by atoms with E-state index in [0.29, 0.717) is 6.61 Å². The quantitative estimate of drug-likeness (QED) is 0.873. The van der Waals surface area contributed by atoms with E-state index in [1.807, 2.05) is 24.3 Å². The van der Waals surface area contributed by atoms with Crippen LogP contribution in [0.25, 0.3) is 0 Å². The predicted octanol–water partition coefficient (Wildman–Crippen LogP) is 2.94. The fourth-order valence-corrected chi connectivity index (χ4v) is 2.79. The Bertz CT molecular complexity index is 452. The monoisotopic (exact) mass is 283 g/mol. The van der Waals surface area contributed by atoms with Gasteiger partial charge in [0.25, 0.3) is 0 Å². The molecule has 19 heavy (non-hydrogen) atoms. The summed E-state index contributed by atoms with van der Waals surface area (Å²) < 4.78 is 10.2. The van der Waals surface area contributed by atoms with Gasteiger partial charge in [-0.25, -0.2) is 4.79 Å². The van der Waals surface area contributed by atoms with Crippen LogP contribution in [0.2, 0.25) is 5.02 Å². The van der Waals surface area contributed by atoms with Crippen LogP contribution in [0.5, 0.6) is 0 Å². The molecule has 0 bridgehead atoms. The number of hydrogen-bond acceptors (Lipinski definition) is 3. The molecule has 0 saturated heterocycles. The molecule has 2 N–H and O–H groups in total. The van der Waals surface area contributed by atoms with E-state index in [4.69, 9.17) is 26.8 Å². The second-order valence-corrected chi connectivity index (χ2v) is 5.19. The summed E-state index contributed by atoms with van der Waals surface area (Å²) in [5, 5.41) is 0.744. The molecule has 1 aromatic carbocycles. The van der Waals surface area contributed by atoms with Gasteiger partial charge >= 0.3 is 6.09 Å². The molecule has 104 valence electrons. The number of nitrogens with two attached hydrogens (primary N) is 1. The zero-order valence-electron chi connectivity index (χ0n) is 10.8. The Morgan fingerprint density at radius 2 is 2.26 bits per heavy atom. The van der Waals surface area contributed by atoms with Crippen molar-refractivity contribution in [2.24, 2.45) is 11.7 Å². The summed E-state index contributed by atoms with van der Waals surface area (Å²) in [6.45, 7) is 0.648. The molecule has 1 amide bonds. The highest BCUT2D eigenvalue weighted by Crippen LogP contribution is 2.48. The van der Waals surface area contributed by atoms with Gasteiger partial charge in [0, 0.05) is 24.7 Å². The zero-order chi connectivity index (χ0) is 13.8. The van der Waals surface area contributed by atoms with Gasteiger partial charge in [-0.1, -0.05) is 29.8 Å². The lowest BCUT2D eigenvalue weighted by atomic mass is 9.91. The van der Waals surface area contributed by atoms with E-state index >= 15 is 0 Å². The van der Waals surface area contributed by atoms with Gasteiger partial charge in [-0.05, 0) is 30.4 Å². The predicted molar refractivity (Wildman–Crippen MR) is 73.2 cm³/mol. The molecule has 1 aliphatic rings. The number of ether oxygens (including phenoxy) is 2.